The molecule has 4 heteroatoms. The SMILES string of the molecule is CCCC(O)C(O)Cc1c(F)cccc1Cl. The first-order valence-corrected chi connectivity index (χ1v) is 5.73. The Balaban J connectivity index is 2.72. The second-order valence-electron chi connectivity index (χ2n) is 3.83. The molecule has 2 atom stereocenters. The Labute approximate surface area is 99.7 Å². The van der Waals surface area contributed by atoms with Gasteiger partial charge >= 0.3 is 0 Å². The molecular formula is C12H16ClFO2. The van der Waals surface area contributed by atoms with Crippen molar-refractivity contribution in [1.29, 1.82) is 0 Å². The van der Waals surface area contributed by atoms with Gasteiger partial charge in [0.2, 0.25) is 0 Å². The van der Waals surface area contributed by atoms with Crippen LogP contribution >= 0.6 is 11.6 Å². The molecular weight excluding hydrogens is 231 g/mol. The lowest BCUT2D eigenvalue weighted by Gasteiger charge is -2.18. The fourth-order valence-corrected chi connectivity index (χ4v) is 1.80. The van der Waals surface area contributed by atoms with Crippen LogP contribution < -0.4 is 0 Å². The van der Waals surface area contributed by atoms with Gasteiger partial charge in [0.25, 0.3) is 0 Å². The lowest BCUT2D eigenvalue weighted by molar-refractivity contribution is 0.0144. The summed E-state index contributed by atoms with van der Waals surface area (Å²) in [5.41, 5.74) is 0.256. The van der Waals surface area contributed by atoms with Crippen LogP contribution in [-0.2, 0) is 6.42 Å². The van der Waals surface area contributed by atoms with Crippen LogP contribution in [0.3, 0.4) is 0 Å². The van der Waals surface area contributed by atoms with Crippen LogP contribution in [0, 0.1) is 5.82 Å². The molecule has 0 aliphatic heterocycles. The maximum atomic E-state index is 13.4. The maximum absolute atomic E-state index is 13.4. The number of hydrogen-bond acceptors (Lipinski definition) is 2. The van der Waals surface area contributed by atoms with E-state index in [0.29, 0.717) is 6.42 Å². The Morgan fingerprint density at radius 3 is 2.56 bits per heavy atom. The van der Waals surface area contributed by atoms with Gasteiger partial charge in [-0.05, 0) is 18.6 Å². The molecule has 0 aliphatic rings. The van der Waals surface area contributed by atoms with Crippen LogP contribution in [0.2, 0.25) is 5.02 Å². The second-order valence-corrected chi connectivity index (χ2v) is 4.23. The highest BCUT2D eigenvalue weighted by Crippen LogP contribution is 2.21. The molecule has 0 spiro atoms. The first-order chi connectivity index (χ1) is 7.56. The summed E-state index contributed by atoms with van der Waals surface area (Å²) in [6.07, 6.45) is -0.515. The van der Waals surface area contributed by atoms with Crippen LogP contribution in [-0.4, -0.2) is 22.4 Å². The van der Waals surface area contributed by atoms with Crippen molar-refractivity contribution in [3.8, 4) is 0 Å². The molecule has 1 aromatic rings. The van der Waals surface area contributed by atoms with Gasteiger partial charge < -0.3 is 10.2 Å². The Kier molecular flexibility index (Phi) is 5.19. The molecule has 0 fully saturated rings. The highest BCUT2D eigenvalue weighted by atomic mass is 35.5. The molecule has 2 nitrogen and oxygen atoms in total. The van der Waals surface area contributed by atoms with Crippen molar-refractivity contribution >= 4 is 11.6 Å². The standard InChI is InChI=1S/C12H16ClFO2/c1-2-4-11(15)12(16)7-8-9(13)5-3-6-10(8)14/h3,5-6,11-12,15-16H,2,4,7H2,1H3. The average Bonchev–Trinajstić information content (AvgIpc) is 2.23. The van der Waals surface area contributed by atoms with Gasteiger partial charge in [-0.3, -0.25) is 0 Å². The van der Waals surface area contributed by atoms with E-state index in [1.54, 1.807) is 6.07 Å². The van der Waals surface area contributed by atoms with Crippen molar-refractivity contribution in [3.63, 3.8) is 0 Å². The molecule has 1 rings (SSSR count). The zero-order chi connectivity index (χ0) is 12.1. The zero-order valence-corrected chi connectivity index (χ0v) is 9.91. The van der Waals surface area contributed by atoms with E-state index in [9.17, 15) is 14.6 Å². The van der Waals surface area contributed by atoms with Gasteiger partial charge in [0.15, 0.2) is 0 Å². The quantitative estimate of drug-likeness (QED) is 0.838. The van der Waals surface area contributed by atoms with Crippen molar-refractivity contribution in [1.82, 2.24) is 0 Å². The number of benzene rings is 1. The Hall–Kier alpha value is -0.640. The molecule has 0 radical (unpaired) electrons. The van der Waals surface area contributed by atoms with E-state index in [2.05, 4.69) is 0 Å². The molecule has 0 heterocycles. The largest absolute Gasteiger partial charge is 0.390 e. The summed E-state index contributed by atoms with van der Waals surface area (Å²) in [6.45, 7) is 1.91. The van der Waals surface area contributed by atoms with E-state index in [1.807, 2.05) is 6.92 Å². The van der Waals surface area contributed by atoms with Gasteiger partial charge in [-0.15, -0.1) is 0 Å². The molecule has 0 saturated carbocycles. The monoisotopic (exact) mass is 246 g/mol. The summed E-state index contributed by atoms with van der Waals surface area (Å²) < 4.78 is 13.4. The normalized spacial score (nSPS) is 14.8. The minimum Gasteiger partial charge on any atom is -0.390 e. The fourth-order valence-electron chi connectivity index (χ4n) is 1.56. The lowest BCUT2D eigenvalue weighted by atomic mass is 10.0. The summed E-state index contributed by atoms with van der Waals surface area (Å²) in [7, 11) is 0. The molecule has 0 aromatic heterocycles. The molecule has 2 unspecified atom stereocenters. The molecule has 0 amide bonds. The highest BCUT2D eigenvalue weighted by molar-refractivity contribution is 6.31. The van der Waals surface area contributed by atoms with Crippen molar-refractivity contribution < 1.29 is 14.6 Å². The van der Waals surface area contributed by atoms with Crippen molar-refractivity contribution in [2.45, 2.75) is 38.4 Å². The summed E-state index contributed by atoms with van der Waals surface area (Å²) in [4.78, 5) is 0. The van der Waals surface area contributed by atoms with Gasteiger partial charge in [-0.25, -0.2) is 4.39 Å². The van der Waals surface area contributed by atoms with E-state index in [-0.39, 0.29) is 17.0 Å². The fraction of sp³-hybridized carbons (Fsp3) is 0.500. The van der Waals surface area contributed by atoms with Crippen LogP contribution in [0.15, 0.2) is 18.2 Å². The summed E-state index contributed by atoms with van der Waals surface area (Å²) in [5.74, 6) is -0.449. The van der Waals surface area contributed by atoms with Gasteiger partial charge in [0.1, 0.15) is 5.82 Å². The zero-order valence-electron chi connectivity index (χ0n) is 9.16. The van der Waals surface area contributed by atoms with Gasteiger partial charge in [0, 0.05) is 17.0 Å². The Bertz CT molecular complexity index is 324. The smallest absolute Gasteiger partial charge is 0.127 e. The van der Waals surface area contributed by atoms with Gasteiger partial charge in [0.05, 0.1) is 12.2 Å². The summed E-state index contributed by atoms with van der Waals surface area (Å²) in [5, 5.41) is 19.5. The predicted molar refractivity (Wildman–Crippen MR) is 62.0 cm³/mol. The topological polar surface area (TPSA) is 40.5 Å². The molecule has 0 bridgehead atoms. The minimum atomic E-state index is -0.977. The van der Waals surface area contributed by atoms with E-state index in [4.69, 9.17) is 11.6 Å². The number of aliphatic hydroxyl groups excluding tert-OH is 2. The van der Waals surface area contributed by atoms with E-state index < -0.39 is 18.0 Å². The maximum Gasteiger partial charge on any atom is 0.127 e. The van der Waals surface area contributed by atoms with Crippen LogP contribution in [0.1, 0.15) is 25.3 Å². The highest BCUT2D eigenvalue weighted by Gasteiger charge is 2.19. The third-order valence-electron chi connectivity index (χ3n) is 2.50. The third kappa shape index (κ3) is 3.44. The predicted octanol–water partition coefficient (Wildman–Crippen LogP) is 2.54. The van der Waals surface area contributed by atoms with Gasteiger partial charge in [-0.1, -0.05) is 31.0 Å². The van der Waals surface area contributed by atoms with Crippen molar-refractivity contribution in [2.24, 2.45) is 0 Å². The number of rotatable bonds is 5. The number of hydrogen-bond donors (Lipinski definition) is 2. The molecule has 0 saturated heterocycles. The lowest BCUT2D eigenvalue weighted by Crippen LogP contribution is -2.28. The minimum absolute atomic E-state index is 0.0344. The summed E-state index contributed by atoms with van der Waals surface area (Å²) in [6, 6.07) is 4.37. The van der Waals surface area contributed by atoms with E-state index >= 15 is 0 Å². The molecule has 2 N–H and O–H groups in total. The van der Waals surface area contributed by atoms with Crippen molar-refractivity contribution in [2.75, 3.05) is 0 Å². The Morgan fingerprint density at radius 1 is 1.31 bits per heavy atom. The molecule has 1 aromatic carbocycles. The molecule has 0 aliphatic carbocycles. The second kappa shape index (κ2) is 6.18. The van der Waals surface area contributed by atoms with Crippen LogP contribution in [0.4, 0.5) is 4.39 Å². The van der Waals surface area contributed by atoms with Crippen LogP contribution in [0.25, 0.3) is 0 Å². The third-order valence-corrected chi connectivity index (χ3v) is 2.86. The van der Waals surface area contributed by atoms with Crippen LogP contribution in [0.5, 0.6) is 0 Å². The van der Waals surface area contributed by atoms with E-state index in [1.165, 1.54) is 12.1 Å². The Morgan fingerprint density at radius 2 is 2.00 bits per heavy atom. The molecule has 16 heavy (non-hydrogen) atoms. The van der Waals surface area contributed by atoms with Gasteiger partial charge in [-0.2, -0.15) is 0 Å². The molecule has 90 valence electrons. The van der Waals surface area contributed by atoms with Crippen molar-refractivity contribution in [3.05, 3.63) is 34.6 Å². The first kappa shape index (κ1) is 13.4. The first-order valence-electron chi connectivity index (χ1n) is 5.35. The number of aliphatic hydroxyl groups is 2. The average molecular weight is 247 g/mol. The number of halogens is 2. The summed E-state index contributed by atoms with van der Waals surface area (Å²) >= 11 is 5.82. The van der Waals surface area contributed by atoms with E-state index in [0.717, 1.165) is 6.42 Å².